The largest absolute Gasteiger partial charge is 0.338 e. The van der Waals surface area contributed by atoms with Crippen molar-refractivity contribution in [1.29, 1.82) is 0 Å². The number of hydrogen-bond acceptors (Lipinski definition) is 1. The van der Waals surface area contributed by atoms with E-state index < -0.39 is 0 Å². The number of fused-ring (bicyclic) bond motifs is 1. The van der Waals surface area contributed by atoms with E-state index in [0.29, 0.717) is 0 Å². The lowest BCUT2D eigenvalue weighted by Gasteiger charge is -2.07. The monoisotopic (exact) mass is 284 g/mol. The first kappa shape index (κ1) is 12.7. The molecule has 0 fully saturated rings. The number of rotatable bonds is 3. The van der Waals surface area contributed by atoms with Crippen molar-refractivity contribution in [3.8, 4) is 11.4 Å². The van der Waals surface area contributed by atoms with Crippen molar-refractivity contribution in [1.82, 2.24) is 15.3 Å². The van der Waals surface area contributed by atoms with Crippen LogP contribution in [0.3, 0.4) is 0 Å². The van der Waals surface area contributed by atoms with E-state index >= 15 is 0 Å². The highest BCUT2D eigenvalue weighted by atomic mass is 14.9. The van der Waals surface area contributed by atoms with Gasteiger partial charge in [-0.15, -0.1) is 0 Å². The van der Waals surface area contributed by atoms with E-state index in [2.05, 4.69) is 9.97 Å². The average molecular weight is 284 g/mol. The molecule has 0 bridgehead atoms. The van der Waals surface area contributed by atoms with Gasteiger partial charge in [0.25, 0.3) is 0 Å². The molecular formula is C19H14N3. The number of H-pyrrole nitrogens is 1. The number of nitrogens with zero attached hydrogens (tertiary/aromatic N) is 2. The third kappa shape index (κ3) is 2.33. The summed E-state index contributed by atoms with van der Waals surface area (Å²) in [7, 11) is 0. The highest BCUT2D eigenvalue weighted by molar-refractivity contribution is 5.82. The van der Waals surface area contributed by atoms with E-state index in [0.717, 1.165) is 33.8 Å². The summed E-state index contributed by atoms with van der Waals surface area (Å²) in [5, 5.41) is 4.73. The number of aromatic amines is 1. The number of para-hydroxylation sites is 4. The second-order valence-corrected chi connectivity index (χ2v) is 5.07. The van der Waals surface area contributed by atoms with Crippen LogP contribution in [0, 0.1) is 0 Å². The Labute approximate surface area is 128 Å². The molecule has 0 aliphatic heterocycles. The van der Waals surface area contributed by atoms with Crippen LogP contribution < -0.4 is 5.32 Å². The number of nitrogens with one attached hydrogen (secondary N) is 1. The average Bonchev–Trinajstić information content (AvgIpc) is 3.00. The number of aromatic nitrogens is 2. The molecule has 0 unspecified atom stereocenters. The fraction of sp³-hybridized carbons (Fsp3) is 0. The molecule has 0 spiro atoms. The maximum atomic E-state index is 4.73. The smallest absolute Gasteiger partial charge is 0.140 e. The predicted molar refractivity (Wildman–Crippen MR) is 89.4 cm³/mol. The zero-order chi connectivity index (χ0) is 14.8. The molecule has 0 saturated carbocycles. The van der Waals surface area contributed by atoms with Gasteiger partial charge < -0.3 is 4.98 Å². The first-order valence-electron chi connectivity index (χ1n) is 7.21. The van der Waals surface area contributed by atoms with E-state index in [4.69, 9.17) is 5.32 Å². The van der Waals surface area contributed by atoms with Crippen LogP contribution in [0.1, 0.15) is 0 Å². The van der Waals surface area contributed by atoms with Crippen LogP contribution in [-0.4, -0.2) is 9.97 Å². The van der Waals surface area contributed by atoms with Crippen molar-refractivity contribution < 1.29 is 0 Å². The lowest BCUT2D eigenvalue weighted by atomic mass is 10.1. The Hall–Kier alpha value is -3.07. The fourth-order valence-corrected chi connectivity index (χ4v) is 2.49. The van der Waals surface area contributed by atoms with E-state index in [1.807, 2.05) is 78.9 Å². The van der Waals surface area contributed by atoms with Crippen molar-refractivity contribution in [2.24, 2.45) is 0 Å². The van der Waals surface area contributed by atoms with E-state index in [1.54, 1.807) is 0 Å². The summed E-state index contributed by atoms with van der Waals surface area (Å²) >= 11 is 0. The van der Waals surface area contributed by atoms with Gasteiger partial charge in [-0.1, -0.05) is 42.5 Å². The second-order valence-electron chi connectivity index (χ2n) is 5.07. The van der Waals surface area contributed by atoms with Crippen LogP contribution in [-0.2, 0) is 0 Å². The summed E-state index contributed by atoms with van der Waals surface area (Å²) in [6.07, 6.45) is 0. The molecule has 0 amide bonds. The molecule has 3 nitrogen and oxygen atoms in total. The third-order valence-electron chi connectivity index (χ3n) is 3.55. The van der Waals surface area contributed by atoms with Gasteiger partial charge in [0.2, 0.25) is 0 Å². The molecule has 1 N–H and O–H groups in total. The summed E-state index contributed by atoms with van der Waals surface area (Å²) in [4.78, 5) is 8.04. The molecule has 4 aromatic rings. The minimum atomic E-state index is 0.844. The molecule has 0 saturated heterocycles. The van der Waals surface area contributed by atoms with Gasteiger partial charge in [0.05, 0.1) is 22.4 Å². The van der Waals surface area contributed by atoms with Gasteiger partial charge >= 0.3 is 0 Å². The van der Waals surface area contributed by atoms with Gasteiger partial charge in [0, 0.05) is 5.56 Å². The van der Waals surface area contributed by atoms with E-state index in [1.165, 1.54) is 0 Å². The first-order chi connectivity index (χ1) is 10.9. The quantitative estimate of drug-likeness (QED) is 0.577. The zero-order valence-electron chi connectivity index (χ0n) is 11.9. The maximum Gasteiger partial charge on any atom is 0.140 e. The topological polar surface area (TPSA) is 42.8 Å². The lowest BCUT2D eigenvalue weighted by molar-refractivity contribution is 1.18. The maximum absolute atomic E-state index is 4.73. The molecule has 105 valence electrons. The molecule has 3 heteroatoms. The first-order valence-corrected chi connectivity index (χ1v) is 7.21. The fourth-order valence-electron chi connectivity index (χ4n) is 2.49. The molecule has 1 heterocycles. The SMILES string of the molecule is c1ccc([N]c2ccccc2-c2nc3ccccc3[nH]2)cc1. The lowest BCUT2D eigenvalue weighted by Crippen LogP contribution is -1.92. The standard InChI is InChI=1S/C19H14N3/c1-2-8-14(9-3-1)20-16-11-5-4-10-15(16)19-21-17-12-6-7-13-18(17)22-19/h1-13H,(H,21,22). The number of benzene rings is 3. The molecule has 0 aliphatic rings. The summed E-state index contributed by atoms with van der Waals surface area (Å²) in [5.74, 6) is 0.844. The van der Waals surface area contributed by atoms with Gasteiger partial charge in [-0.25, -0.2) is 10.3 Å². The highest BCUT2D eigenvalue weighted by Gasteiger charge is 2.10. The molecule has 22 heavy (non-hydrogen) atoms. The van der Waals surface area contributed by atoms with E-state index in [9.17, 15) is 0 Å². The molecule has 1 aromatic heterocycles. The molecule has 3 aromatic carbocycles. The Balaban J connectivity index is 1.78. The van der Waals surface area contributed by atoms with Crippen molar-refractivity contribution >= 4 is 22.4 Å². The van der Waals surface area contributed by atoms with Crippen LogP contribution in [0.25, 0.3) is 22.4 Å². The predicted octanol–water partition coefficient (Wildman–Crippen LogP) is 4.80. The molecule has 0 atom stereocenters. The summed E-state index contributed by atoms with van der Waals surface area (Å²) in [6.45, 7) is 0. The van der Waals surface area contributed by atoms with Crippen molar-refractivity contribution in [3.63, 3.8) is 0 Å². The molecule has 4 rings (SSSR count). The molecule has 0 aliphatic carbocycles. The van der Waals surface area contributed by atoms with Crippen LogP contribution in [0.15, 0.2) is 78.9 Å². The second kappa shape index (κ2) is 5.37. The Morgan fingerprint density at radius 2 is 1.45 bits per heavy atom. The van der Waals surface area contributed by atoms with Crippen LogP contribution >= 0.6 is 0 Å². The van der Waals surface area contributed by atoms with Gasteiger partial charge in [0.1, 0.15) is 5.82 Å². The van der Waals surface area contributed by atoms with Crippen molar-refractivity contribution in [2.75, 3.05) is 0 Å². The van der Waals surface area contributed by atoms with Crippen molar-refractivity contribution in [2.45, 2.75) is 0 Å². The minimum absolute atomic E-state index is 0.844. The minimum Gasteiger partial charge on any atom is -0.338 e. The van der Waals surface area contributed by atoms with Gasteiger partial charge in [0.15, 0.2) is 0 Å². The number of imidazole rings is 1. The third-order valence-corrected chi connectivity index (χ3v) is 3.55. The Morgan fingerprint density at radius 3 is 2.32 bits per heavy atom. The van der Waals surface area contributed by atoms with Crippen LogP contribution in [0.4, 0.5) is 11.4 Å². The summed E-state index contributed by atoms with van der Waals surface area (Å²) < 4.78 is 0. The summed E-state index contributed by atoms with van der Waals surface area (Å²) in [5.41, 5.74) is 4.85. The van der Waals surface area contributed by atoms with Crippen molar-refractivity contribution in [3.05, 3.63) is 78.9 Å². The van der Waals surface area contributed by atoms with E-state index in [-0.39, 0.29) is 0 Å². The van der Waals surface area contributed by atoms with Gasteiger partial charge in [-0.2, -0.15) is 0 Å². The summed E-state index contributed by atoms with van der Waals surface area (Å²) in [6, 6.07) is 26.0. The number of hydrogen-bond donors (Lipinski definition) is 1. The zero-order valence-corrected chi connectivity index (χ0v) is 11.9. The Bertz CT molecular complexity index is 877. The van der Waals surface area contributed by atoms with Gasteiger partial charge in [-0.05, 0) is 36.4 Å². The van der Waals surface area contributed by atoms with Gasteiger partial charge in [-0.3, -0.25) is 0 Å². The Morgan fingerprint density at radius 1 is 0.727 bits per heavy atom. The molecular weight excluding hydrogens is 270 g/mol. The normalized spacial score (nSPS) is 10.7. The highest BCUT2D eigenvalue weighted by Crippen LogP contribution is 2.29. The molecule has 1 radical (unpaired) electrons. The Kier molecular flexibility index (Phi) is 3.09. The van der Waals surface area contributed by atoms with Crippen LogP contribution in [0.5, 0.6) is 0 Å². The van der Waals surface area contributed by atoms with Crippen LogP contribution in [0.2, 0.25) is 0 Å².